The van der Waals surface area contributed by atoms with Gasteiger partial charge in [0.25, 0.3) is 0 Å². The maximum atomic E-state index is 13.3. The Morgan fingerprint density at radius 2 is 1.86 bits per heavy atom. The van der Waals surface area contributed by atoms with Gasteiger partial charge < -0.3 is 19.3 Å². The molecule has 0 aromatic heterocycles. The van der Waals surface area contributed by atoms with Crippen LogP contribution in [0, 0.1) is 11.8 Å². The zero-order valence-corrected chi connectivity index (χ0v) is 16.9. The molecule has 0 bridgehead atoms. The lowest BCUT2D eigenvalue weighted by Gasteiger charge is -2.45. The van der Waals surface area contributed by atoms with Crippen LogP contribution in [0.25, 0.3) is 0 Å². The summed E-state index contributed by atoms with van der Waals surface area (Å²) >= 11 is 0. The van der Waals surface area contributed by atoms with Crippen molar-refractivity contribution in [3.8, 4) is 11.5 Å². The zero-order chi connectivity index (χ0) is 19.7. The Balaban J connectivity index is 1.51. The van der Waals surface area contributed by atoms with Gasteiger partial charge in [0, 0.05) is 31.6 Å². The minimum atomic E-state index is -0.264. The smallest absolute Gasteiger partial charge is 0.228 e. The predicted octanol–water partition coefficient (Wildman–Crippen LogP) is 3.24. The van der Waals surface area contributed by atoms with Crippen LogP contribution in [0.2, 0.25) is 0 Å². The number of rotatable bonds is 4. The van der Waals surface area contributed by atoms with Crippen LogP contribution in [0.1, 0.15) is 44.9 Å². The van der Waals surface area contributed by atoms with E-state index in [-0.39, 0.29) is 24.2 Å². The molecule has 2 saturated heterocycles. The summed E-state index contributed by atoms with van der Waals surface area (Å²) < 4.78 is 10.7. The molecule has 2 amide bonds. The number of likely N-dealkylation sites (tertiary alicyclic amines) is 1. The van der Waals surface area contributed by atoms with Crippen molar-refractivity contribution < 1.29 is 19.1 Å². The number of amides is 2. The minimum Gasteiger partial charge on any atom is -0.497 e. The average Bonchev–Trinajstić information content (AvgIpc) is 3.13. The van der Waals surface area contributed by atoms with Crippen LogP contribution in [0.15, 0.2) is 18.2 Å². The first-order chi connectivity index (χ1) is 13.6. The molecule has 2 heterocycles. The summed E-state index contributed by atoms with van der Waals surface area (Å²) in [6.07, 6.45) is 7.47. The number of anilines is 1. The molecule has 3 atom stereocenters. The van der Waals surface area contributed by atoms with Crippen LogP contribution in [-0.2, 0) is 9.59 Å². The van der Waals surface area contributed by atoms with Crippen molar-refractivity contribution in [2.24, 2.45) is 11.8 Å². The molecule has 1 aromatic carbocycles. The SMILES string of the molecule is COc1ccc(N2C[C@@H](C(=O)N3CCC[C@@H]4CCCC[C@@H]43)CC2=O)c(OC)c1. The number of fused-ring (bicyclic) bond motifs is 1. The third-order valence-electron chi connectivity index (χ3n) is 6.68. The Labute approximate surface area is 166 Å². The molecule has 0 radical (unpaired) electrons. The number of methoxy groups -OCH3 is 2. The van der Waals surface area contributed by atoms with Gasteiger partial charge in [-0.2, -0.15) is 0 Å². The normalized spacial score (nSPS) is 27.5. The second-order valence-corrected chi connectivity index (χ2v) is 8.23. The molecule has 0 unspecified atom stereocenters. The first-order valence-electron chi connectivity index (χ1n) is 10.4. The number of carbonyl (C=O) groups excluding carboxylic acids is 2. The van der Waals surface area contributed by atoms with Gasteiger partial charge in [0.1, 0.15) is 11.5 Å². The second-order valence-electron chi connectivity index (χ2n) is 8.23. The number of carbonyl (C=O) groups is 2. The number of hydrogen-bond donors (Lipinski definition) is 0. The van der Waals surface area contributed by atoms with Crippen molar-refractivity contribution in [2.75, 3.05) is 32.2 Å². The van der Waals surface area contributed by atoms with Crippen LogP contribution in [-0.4, -0.2) is 50.1 Å². The number of nitrogens with zero attached hydrogens (tertiary/aromatic N) is 2. The van der Waals surface area contributed by atoms with E-state index >= 15 is 0 Å². The highest BCUT2D eigenvalue weighted by molar-refractivity contribution is 6.01. The van der Waals surface area contributed by atoms with Gasteiger partial charge in [0.2, 0.25) is 11.8 Å². The van der Waals surface area contributed by atoms with E-state index in [0.717, 1.165) is 19.4 Å². The molecule has 6 nitrogen and oxygen atoms in total. The Morgan fingerprint density at radius 1 is 1.07 bits per heavy atom. The van der Waals surface area contributed by atoms with Gasteiger partial charge in [-0.1, -0.05) is 12.8 Å². The lowest BCUT2D eigenvalue weighted by atomic mass is 9.78. The summed E-state index contributed by atoms with van der Waals surface area (Å²) in [5.41, 5.74) is 0.706. The fraction of sp³-hybridized carbons (Fsp3) is 0.636. The minimum absolute atomic E-state index is 0.0148. The maximum Gasteiger partial charge on any atom is 0.228 e. The monoisotopic (exact) mass is 386 g/mol. The fourth-order valence-electron chi connectivity index (χ4n) is 5.25. The van der Waals surface area contributed by atoms with E-state index in [1.165, 1.54) is 25.7 Å². The third kappa shape index (κ3) is 3.45. The van der Waals surface area contributed by atoms with Crippen molar-refractivity contribution in [3.05, 3.63) is 18.2 Å². The average molecular weight is 386 g/mol. The van der Waals surface area contributed by atoms with Gasteiger partial charge in [0.15, 0.2) is 0 Å². The highest BCUT2D eigenvalue weighted by Crippen LogP contribution is 2.39. The Kier molecular flexibility index (Phi) is 5.47. The Hall–Kier alpha value is -2.24. The molecule has 6 heteroatoms. The first-order valence-corrected chi connectivity index (χ1v) is 10.4. The molecule has 28 heavy (non-hydrogen) atoms. The summed E-state index contributed by atoms with van der Waals surface area (Å²) in [7, 11) is 3.18. The molecule has 0 spiro atoms. The van der Waals surface area contributed by atoms with Crippen molar-refractivity contribution in [3.63, 3.8) is 0 Å². The second kappa shape index (κ2) is 8.02. The number of ether oxygens (including phenoxy) is 2. The molecule has 2 aliphatic heterocycles. The van der Waals surface area contributed by atoms with E-state index in [1.807, 2.05) is 12.1 Å². The molecule has 3 aliphatic rings. The van der Waals surface area contributed by atoms with Crippen molar-refractivity contribution in [1.29, 1.82) is 0 Å². The van der Waals surface area contributed by atoms with E-state index in [4.69, 9.17) is 9.47 Å². The number of hydrogen-bond acceptors (Lipinski definition) is 4. The van der Waals surface area contributed by atoms with Crippen molar-refractivity contribution in [2.45, 2.75) is 51.0 Å². The predicted molar refractivity (Wildman–Crippen MR) is 107 cm³/mol. The quantitative estimate of drug-likeness (QED) is 0.797. The molecule has 1 aliphatic carbocycles. The fourth-order valence-corrected chi connectivity index (χ4v) is 5.25. The molecule has 0 N–H and O–H groups in total. The molecular formula is C22H30N2O4. The summed E-state index contributed by atoms with van der Waals surface area (Å²) in [5, 5.41) is 0. The molecule has 1 aromatic rings. The van der Waals surface area contributed by atoms with E-state index in [9.17, 15) is 9.59 Å². The Bertz CT molecular complexity index is 748. The van der Waals surface area contributed by atoms with Gasteiger partial charge >= 0.3 is 0 Å². The Morgan fingerprint density at radius 3 is 2.64 bits per heavy atom. The van der Waals surface area contributed by atoms with Gasteiger partial charge in [0.05, 0.1) is 25.8 Å². The van der Waals surface area contributed by atoms with E-state index in [0.29, 0.717) is 35.7 Å². The highest BCUT2D eigenvalue weighted by atomic mass is 16.5. The lowest BCUT2D eigenvalue weighted by Crippen LogP contribution is -2.51. The van der Waals surface area contributed by atoms with Crippen LogP contribution in [0.5, 0.6) is 11.5 Å². The molecular weight excluding hydrogens is 356 g/mol. The van der Waals surface area contributed by atoms with Crippen LogP contribution >= 0.6 is 0 Å². The van der Waals surface area contributed by atoms with Crippen molar-refractivity contribution in [1.82, 2.24) is 4.90 Å². The van der Waals surface area contributed by atoms with E-state index in [2.05, 4.69) is 4.90 Å². The van der Waals surface area contributed by atoms with Gasteiger partial charge in [-0.15, -0.1) is 0 Å². The van der Waals surface area contributed by atoms with Gasteiger partial charge in [-0.25, -0.2) is 0 Å². The van der Waals surface area contributed by atoms with Crippen molar-refractivity contribution >= 4 is 17.5 Å². The highest BCUT2D eigenvalue weighted by Gasteiger charge is 2.42. The number of benzene rings is 1. The molecule has 152 valence electrons. The summed E-state index contributed by atoms with van der Waals surface area (Å²) in [6, 6.07) is 5.81. The van der Waals surface area contributed by atoms with Crippen LogP contribution in [0.3, 0.4) is 0 Å². The van der Waals surface area contributed by atoms with Crippen LogP contribution < -0.4 is 14.4 Å². The third-order valence-corrected chi connectivity index (χ3v) is 6.68. The first kappa shape index (κ1) is 19.1. The van der Waals surface area contributed by atoms with E-state index < -0.39 is 0 Å². The zero-order valence-electron chi connectivity index (χ0n) is 16.9. The molecule has 1 saturated carbocycles. The van der Waals surface area contributed by atoms with E-state index in [1.54, 1.807) is 25.2 Å². The largest absolute Gasteiger partial charge is 0.497 e. The summed E-state index contributed by atoms with van der Waals surface area (Å²) in [4.78, 5) is 29.9. The standard InChI is InChI=1S/C22H30N2O4/c1-27-17-9-10-19(20(13-17)28-2)24-14-16(12-21(24)25)22(26)23-11-5-7-15-6-3-4-8-18(15)23/h9-10,13,15-16,18H,3-8,11-12,14H2,1-2H3/t15-,16-,18-/m0/s1. The molecule has 3 fully saturated rings. The molecule has 4 rings (SSSR count). The van der Waals surface area contributed by atoms with Gasteiger partial charge in [-0.05, 0) is 43.7 Å². The van der Waals surface area contributed by atoms with Crippen LogP contribution in [0.4, 0.5) is 5.69 Å². The van der Waals surface area contributed by atoms with Gasteiger partial charge in [-0.3, -0.25) is 9.59 Å². The summed E-state index contributed by atoms with van der Waals surface area (Å²) in [6.45, 7) is 1.27. The topological polar surface area (TPSA) is 59.1 Å². The summed E-state index contributed by atoms with van der Waals surface area (Å²) in [5.74, 6) is 1.81. The maximum absolute atomic E-state index is 13.3. The lowest BCUT2D eigenvalue weighted by molar-refractivity contribution is -0.142. The number of piperidine rings is 1.